The highest BCUT2D eigenvalue weighted by Gasteiger charge is 2.31. The van der Waals surface area contributed by atoms with E-state index < -0.39 is 0 Å². The Hall–Kier alpha value is -3.40. The molecule has 4 nitrogen and oxygen atoms in total. The van der Waals surface area contributed by atoms with Crippen LogP contribution in [0.2, 0.25) is 0 Å². The summed E-state index contributed by atoms with van der Waals surface area (Å²) in [6.07, 6.45) is 0. The molecule has 4 aromatic rings. The number of hydrogen-bond donors (Lipinski definition) is 0. The fourth-order valence-corrected chi connectivity index (χ4v) is 3.26. The first-order valence-corrected chi connectivity index (χ1v) is 7.62. The smallest absolute Gasteiger partial charge is 0.196 e. The third-order valence-corrected chi connectivity index (χ3v) is 4.40. The van der Waals surface area contributed by atoms with Gasteiger partial charge in [-0.25, -0.2) is 9.97 Å². The molecule has 1 aliphatic rings. The molecule has 0 unspecified atom stereocenters. The van der Waals surface area contributed by atoms with Crippen LogP contribution in [0.15, 0.2) is 60.7 Å². The molecule has 24 heavy (non-hydrogen) atoms. The van der Waals surface area contributed by atoms with Gasteiger partial charge in [0.1, 0.15) is 5.52 Å². The Morgan fingerprint density at radius 3 is 1.92 bits per heavy atom. The van der Waals surface area contributed by atoms with E-state index in [4.69, 9.17) is 0 Å². The van der Waals surface area contributed by atoms with Gasteiger partial charge in [0, 0.05) is 16.7 Å². The Morgan fingerprint density at radius 2 is 1.17 bits per heavy atom. The number of carbonyl (C=O) groups excluding carboxylic acids is 2. The molecule has 112 valence electrons. The van der Waals surface area contributed by atoms with Crippen molar-refractivity contribution in [3.05, 3.63) is 82.9 Å². The zero-order valence-corrected chi connectivity index (χ0v) is 12.5. The third-order valence-electron chi connectivity index (χ3n) is 4.40. The van der Waals surface area contributed by atoms with Crippen LogP contribution in [0.4, 0.5) is 0 Å². The molecule has 1 aromatic heterocycles. The van der Waals surface area contributed by atoms with Crippen LogP contribution >= 0.6 is 0 Å². The van der Waals surface area contributed by atoms with Crippen LogP contribution in [0.25, 0.3) is 22.1 Å². The minimum Gasteiger partial charge on any atom is -0.289 e. The quantitative estimate of drug-likeness (QED) is 0.410. The lowest BCUT2D eigenvalue weighted by atomic mass is 9.83. The lowest BCUT2D eigenvalue weighted by Gasteiger charge is -2.18. The minimum atomic E-state index is -0.171. The molecule has 0 N–H and O–H groups in total. The van der Waals surface area contributed by atoms with E-state index >= 15 is 0 Å². The average molecular weight is 310 g/mol. The van der Waals surface area contributed by atoms with E-state index in [-0.39, 0.29) is 11.6 Å². The van der Waals surface area contributed by atoms with Crippen molar-refractivity contribution in [2.45, 2.75) is 0 Å². The molecule has 0 saturated carbocycles. The molecule has 0 aliphatic heterocycles. The molecular weight excluding hydrogens is 300 g/mol. The number of ketones is 2. The number of aromatic nitrogens is 2. The third kappa shape index (κ3) is 1.62. The predicted molar refractivity (Wildman–Crippen MR) is 90.4 cm³/mol. The van der Waals surface area contributed by atoms with Crippen molar-refractivity contribution in [2.75, 3.05) is 0 Å². The Morgan fingerprint density at radius 1 is 0.542 bits per heavy atom. The molecule has 0 spiro atoms. The van der Waals surface area contributed by atoms with E-state index in [2.05, 4.69) is 9.97 Å². The highest BCUT2D eigenvalue weighted by molar-refractivity contribution is 6.31. The number of benzene rings is 3. The zero-order valence-electron chi connectivity index (χ0n) is 12.5. The number of nitrogens with zero attached hydrogens (tertiary/aromatic N) is 2. The molecule has 0 radical (unpaired) electrons. The van der Waals surface area contributed by atoms with E-state index in [9.17, 15) is 9.59 Å². The van der Waals surface area contributed by atoms with Gasteiger partial charge in [-0.1, -0.05) is 36.4 Å². The summed E-state index contributed by atoms with van der Waals surface area (Å²) in [5.41, 5.74) is 4.20. The van der Waals surface area contributed by atoms with E-state index in [0.29, 0.717) is 38.8 Å². The SMILES string of the molecule is O=C1c2ccccc2C(=O)c2c1ccc1nc3ccccc3nc21. The lowest BCUT2D eigenvalue weighted by Crippen LogP contribution is -2.21. The summed E-state index contributed by atoms with van der Waals surface area (Å²) in [6.45, 7) is 0. The molecule has 1 aliphatic carbocycles. The summed E-state index contributed by atoms with van der Waals surface area (Å²) >= 11 is 0. The minimum absolute atomic E-state index is 0.142. The van der Waals surface area contributed by atoms with Gasteiger partial charge in [0.05, 0.1) is 22.1 Å². The summed E-state index contributed by atoms with van der Waals surface area (Å²) in [6, 6.07) is 17.8. The molecule has 1 heterocycles. The van der Waals surface area contributed by atoms with Crippen LogP contribution < -0.4 is 0 Å². The number of para-hydroxylation sites is 2. The van der Waals surface area contributed by atoms with Crippen LogP contribution in [0.1, 0.15) is 31.8 Å². The Labute approximate surface area is 136 Å². The zero-order chi connectivity index (χ0) is 16.3. The Bertz CT molecular complexity index is 1190. The van der Waals surface area contributed by atoms with Crippen molar-refractivity contribution >= 4 is 33.6 Å². The van der Waals surface area contributed by atoms with Crippen molar-refractivity contribution in [1.29, 1.82) is 0 Å². The first-order chi connectivity index (χ1) is 11.7. The number of hydrogen-bond acceptors (Lipinski definition) is 4. The summed E-state index contributed by atoms with van der Waals surface area (Å²) in [7, 11) is 0. The van der Waals surface area contributed by atoms with Gasteiger partial charge in [0.2, 0.25) is 0 Å². The van der Waals surface area contributed by atoms with E-state index in [1.807, 2.05) is 24.3 Å². The van der Waals surface area contributed by atoms with Gasteiger partial charge >= 0.3 is 0 Å². The second kappa shape index (κ2) is 4.55. The molecule has 0 saturated heterocycles. The number of rotatable bonds is 0. The monoisotopic (exact) mass is 310 g/mol. The van der Waals surface area contributed by atoms with Crippen LogP contribution in [-0.4, -0.2) is 21.5 Å². The van der Waals surface area contributed by atoms with E-state index in [1.165, 1.54) is 0 Å². The van der Waals surface area contributed by atoms with Gasteiger partial charge in [-0.3, -0.25) is 9.59 Å². The standard InChI is InChI=1S/C20H10N2O2/c23-19-11-5-1-2-6-12(11)20(24)17-13(19)9-10-16-18(17)22-15-8-4-3-7-14(15)21-16/h1-10H. The lowest BCUT2D eigenvalue weighted by molar-refractivity contribution is 0.0980. The largest absolute Gasteiger partial charge is 0.289 e. The van der Waals surface area contributed by atoms with Gasteiger partial charge < -0.3 is 0 Å². The summed E-state index contributed by atoms with van der Waals surface area (Å²) in [5, 5.41) is 0. The molecular formula is C20H10N2O2. The van der Waals surface area contributed by atoms with Crippen molar-refractivity contribution in [3.63, 3.8) is 0 Å². The first-order valence-electron chi connectivity index (χ1n) is 7.62. The second-order valence-corrected chi connectivity index (χ2v) is 5.77. The summed E-state index contributed by atoms with van der Waals surface area (Å²) < 4.78 is 0. The van der Waals surface area contributed by atoms with Crippen LogP contribution in [0, 0.1) is 0 Å². The van der Waals surface area contributed by atoms with E-state index in [0.717, 1.165) is 5.52 Å². The second-order valence-electron chi connectivity index (χ2n) is 5.77. The fourth-order valence-electron chi connectivity index (χ4n) is 3.26. The average Bonchev–Trinajstić information content (AvgIpc) is 2.63. The molecule has 5 rings (SSSR count). The van der Waals surface area contributed by atoms with Crippen molar-refractivity contribution < 1.29 is 9.59 Å². The van der Waals surface area contributed by atoms with Gasteiger partial charge in [-0.2, -0.15) is 0 Å². The molecule has 0 fully saturated rings. The summed E-state index contributed by atoms with van der Waals surface area (Å²) in [4.78, 5) is 34.9. The van der Waals surface area contributed by atoms with Crippen LogP contribution in [0.3, 0.4) is 0 Å². The van der Waals surface area contributed by atoms with Crippen LogP contribution in [-0.2, 0) is 0 Å². The predicted octanol–water partition coefficient (Wildman–Crippen LogP) is 3.56. The highest BCUT2D eigenvalue weighted by Crippen LogP contribution is 2.31. The van der Waals surface area contributed by atoms with Crippen molar-refractivity contribution in [3.8, 4) is 0 Å². The number of fused-ring (bicyclic) bond motifs is 5. The topological polar surface area (TPSA) is 59.9 Å². The van der Waals surface area contributed by atoms with Crippen molar-refractivity contribution in [1.82, 2.24) is 9.97 Å². The maximum absolute atomic E-state index is 13.0. The highest BCUT2D eigenvalue weighted by atomic mass is 16.1. The maximum atomic E-state index is 13.0. The first kappa shape index (κ1) is 13.1. The van der Waals surface area contributed by atoms with Crippen molar-refractivity contribution in [2.24, 2.45) is 0 Å². The van der Waals surface area contributed by atoms with Gasteiger partial charge in [0.15, 0.2) is 11.6 Å². The fraction of sp³-hybridized carbons (Fsp3) is 0. The van der Waals surface area contributed by atoms with Gasteiger partial charge in [-0.05, 0) is 24.3 Å². The van der Waals surface area contributed by atoms with Gasteiger partial charge in [0.25, 0.3) is 0 Å². The molecule has 0 amide bonds. The molecule has 3 aromatic carbocycles. The Kier molecular flexibility index (Phi) is 2.48. The normalized spacial score (nSPS) is 13.2. The summed E-state index contributed by atoms with van der Waals surface area (Å²) in [5.74, 6) is -0.313. The van der Waals surface area contributed by atoms with Gasteiger partial charge in [-0.15, -0.1) is 0 Å². The maximum Gasteiger partial charge on any atom is 0.196 e. The Balaban J connectivity index is 1.91. The molecule has 0 atom stereocenters. The van der Waals surface area contributed by atoms with E-state index in [1.54, 1.807) is 36.4 Å². The number of carbonyl (C=O) groups is 2. The van der Waals surface area contributed by atoms with Crippen LogP contribution in [0.5, 0.6) is 0 Å². The molecule has 4 heteroatoms. The molecule has 0 bridgehead atoms.